The van der Waals surface area contributed by atoms with Crippen LogP contribution in [0.3, 0.4) is 0 Å². The van der Waals surface area contributed by atoms with E-state index < -0.39 is 6.10 Å². The predicted molar refractivity (Wildman–Crippen MR) is 68.3 cm³/mol. The highest BCUT2D eigenvalue weighted by molar-refractivity contribution is 5.24. The number of rotatable bonds is 6. The minimum atomic E-state index is -0.425. The van der Waals surface area contributed by atoms with Crippen molar-refractivity contribution >= 4 is 0 Å². The third-order valence-electron chi connectivity index (χ3n) is 2.95. The molecule has 0 heterocycles. The van der Waals surface area contributed by atoms with Gasteiger partial charge in [-0.15, -0.1) is 0 Å². The molecule has 0 saturated carbocycles. The first-order valence-electron chi connectivity index (χ1n) is 6.19. The second-order valence-corrected chi connectivity index (χ2v) is 4.41. The van der Waals surface area contributed by atoms with Crippen molar-refractivity contribution in [2.24, 2.45) is 5.73 Å². The second kappa shape index (κ2) is 6.66. The van der Waals surface area contributed by atoms with Crippen LogP contribution in [0.15, 0.2) is 24.3 Å². The van der Waals surface area contributed by atoms with Gasteiger partial charge in [0.15, 0.2) is 0 Å². The van der Waals surface area contributed by atoms with Gasteiger partial charge in [0.2, 0.25) is 0 Å². The Bertz CT molecular complexity index is 294. The fourth-order valence-electron chi connectivity index (χ4n) is 1.78. The summed E-state index contributed by atoms with van der Waals surface area (Å²) in [5.41, 5.74) is 8.14. The number of nitrogens with two attached hydrogens (primary N) is 1. The van der Waals surface area contributed by atoms with Crippen LogP contribution < -0.4 is 5.73 Å². The molecule has 1 aromatic carbocycles. The van der Waals surface area contributed by atoms with Crippen LogP contribution in [0.1, 0.15) is 50.3 Å². The fraction of sp³-hybridized carbons (Fsp3) is 0.571. The van der Waals surface area contributed by atoms with Gasteiger partial charge in [-0.05, 0) is 30.4 Å². The summed E-state index contributed by atoms with van der Waals surface area (Å²) in [7, 11) is 0. The minimum Gasteiger partial charge on any atom is -0.388 e. The molecule has 3 N–H and O–H groups in total. The summed E-state index contributed by atoms with van der Waals surface area (Å²) >= 11 is 0. The summed E-state index contributed by atoms with van der Waals surface area (Å²) < 4.78 is 0. The van der Waals surface area contributed by atoms with Gasteiger partial charge >= 0.3 is 0 Å². The Morgan fingerprint density at radius 1 is 1.19 bits per heavy atom. The number of hydrogen-bond donors (Lipinski definition) is 2. The van der Waals surface area contributed by atoms with E-state index >= 15 is 0 Å². The van der Waals surface area contributed by atoms with Crippen molar-refractivity contribution in [3.8, 4) is 0 Å². The van der Waals surface area contributed by atoms with E-state index in [1.54, 1.807) is 0 Å². The van der Waals surface area contributed by atoms with Crippen LogP contribution in [0.2, 0.25) is 0 Å². The van der Waals surface area contributed by atoms with E-state index in [4.69, 9.17) is 5.73 Å². The largest absolute Gasteiger partial charge is 0.388 e. The molecule has 0 spiro atoms. The molecule has 90 valence electrons. The summed E-state index contributed by atoms with van der Waals surface area (Å²) in [6, 6.07) is 8.31. The highest BCUT2D eigenvalue weighted by Gasteiger charge is 2.11. The number of hydrogen-bond acceptors (Lipinski definition) is 2. The Labute approximate surface area is 98.5 Å². The highest BCUT2D eigenvalue weighted by atomic mass is 16.3. The number of aliphatic hydroxyl groups is 1. The maximum absolute atomic E-state index is 9.96. The third-order valence-corrected chi connectivity index (χ3v) is 2.95. The smallest absolute Gasteiger partial charge is 0.0804 e. The summed E-state index contributed by atoms with van der Waals surface area (Å²) in [5.74, 6) is 0. The molecule has 0 fully saturated rings. The molecular weight excluding hydrogens is 198 g/mol. The molecule has 0 radical (unpaired) electrons. The van der Waals surface area contributed by atoms with E-state index in [2.05, 4.69) is 19.1 Å². The van der Waals surface area contributed by atoms with Crippen LogP contribution in [0, 0.1) is 0 Å². The van der Waals surface area contributed by atoms with Gasteiger partial charge in [-0.2, -0.15) is 0 Å². The Hall–Kier alpha value is -0.860. The number of benzene rings is 1. The normalized spacial score (nSPS) is 14.8. The van der Waals surface area contributed by atoms with Gasteiger partial charge in [0.05, 0.1) is 6.10 Å². The Morgan fingerprint density at radius 3 is 2.31 bits per heavy atom. The van der Waals surface area contributed by atoms with Crippen molar-refractivity contribution in [1.82, 2.24) is 0 Å². The summed E-state index contributed by atoms with van der Waals surface area (Å²) in [6.45, 7) is 4.21. The Morgan fingerprint density at radius 2 is 1.81 bits per heavy atom. The molecule has 0 saturated heterocycles. The van der Waals surface area contributed by atoms with E-state index in [-0.39, 0.29) is 6.04 Å². The predicted octanol–water partition coefficient (Wildman–Crippen LogP) is 2.80. The molecule has 0 bridgehead atoms. The Balaban J connectivity index is 2.59. The van der Waals surface area contributed by atoms with Gasteiger partial charge in [0.25, 0.3) is 0 Å². The van der Waals surface area contributed by atoms with Crippen molar-refractivity contribution in [2.75, 3.05) is 0 Å². The van der Waals surface area contributed by atoms with Crippen LogP contribution in [0.25, 0.3) is 0 Å². The zero-order valence-corrected chi connectivity index (χ0v) is 10.3. The molecule has 2 heteroatoms. The average molecular weight is 221 g/mol. The van der Waals surface area contributed by atoms with E-state index in [9.17, 15) is 5.11 Å². The lowest BCUT2D eigenvalue weighted by Crippen LogP contribution is -2.21. The first-order valence-corrected chi connectivity index (χ1v) is 6.19. The van der Waals surface area contributed by atoms with Crippen LogP contribution in [0.5, 0.6) is 0 Å². The van der Waals surface area contributed by atoms with Gasteiger partial charge in [-0.1, -0.05) is 44.5 Å². The van der Waals surface area contributed by atoms with Crippen molar-refractivity contribution in [3.63, 3.8) is 0 Å². The van der Waals surface area contributed by atoms with Crippen molar-refractivity contribution in [3.05, 3.63) is 35.4 Å². The quantitative estimate of drug-likeness (QED) is 0.776. The average Bonchev–Trinajstić information content (AvgIpc) is 2.30. The lowest BCUT2D eigenvalue weighted by molar-refractivity contribution is 0.157. The van der Waals surface area contributed by atoms with E-state index in [0.29, 0.717) is 6.42 Å². The first kappa shape index (κ1) is 13.2. The van der Waals surface area contributed by atoms with Crippen molar-refractivity contribution in [2.45, 2.75) is 51.7 Å². The Kier molecular flexibility index (Phi) is 5.50. The zero-order chi connectivity index (χ0) is 12.0. The molecule has 2 atom stereocenters. The minimum absolute atomic E-state index is 0.0883. The molecule has 1 rings (SSSR count). The molecule has 0 aliphatic heterocycles. The van der Waals surface area contributed by atoms with Gasteiger partial charge in [-0.25, -0.2) is 0 Å². The van der Waals surface area contributed by atoms with Gasteiger partial charge < -0.3 is 10.8 Å². The maximum atomic E-state index is 9.96. The number of aliphatic hydroxyl groups excluding tert-OH is 1. The molecule has 0 aliphatic carbocycles. The molecule has 0 aliphatic rings. The van der Waals surface area contributed by atoms with Gasteiger partial charge in [-0.3, -0.25) is 0 Å². The highest BCUT2D eigenvalue weighted by Crippen LogP contribution is 2.19. The fourth-order valence-corrected chi connectivity index (χ4v) is 1.78. The topological polar surface area (TPSA) is 46.2 Å². The van der Waals surface area contributed by atoms with Gasteiger partial charge in [0, 0.05) is 6.04 Å². The lowest BCUT2D eigenvalue weighted by atomic mass is 9.99. The molecule has 16 heavy (non-hydrogen) atoms. The molecule has 0 aromatic heterocycles. The summed E-state index contributed by atoms with van der Waals surface area (Å²) in [5, 5.41) is 9.96. The lowest BCUT2D eigenvalue weighted by Gasteiger charge is -2.15. The maximum Gasteiger partial charge on any atom is 0.0804 e. The van der Waals surface area contributed by atoms with Crippen LogP contribution in [-0.4, -0.2) is 11.1 Å². The molecule has 0 amide bonds. The van der Waals surface area contributed by atoms with Crippen molar-refractivity contribution in [1.29, 1.82) is 0 Å². The van der Waals surface area contributed by atoms with E-state index in [0.717, 1.165) is 24.8 Å². The molecule has 1 aromatic rings. The van der Waals surface area contributed by atoms with Crippen LogP contribution in [0.4, 0.5) is 0 Å². The molecule has 2 nitrogen and oxygen atoms in total. The van der Waals surface area contributed by atoms with Crippen LogP contribution >= 0.6 is 0 Å². The van der Waals surface area contributed by atoms with Crippen molar-refractivity contribution < 1.29 is 5.11 Å². The molecular formula is C14H23NO. The third kappa shape index (κ3) is 3.95. The monoisotopic (exact) mass is 221 g/mol. The van der Waals surface area contributed by atoms with E-state index in [1.807, 2.05) is 19.1 Å². The summed E-state index contributed by atoms with van der Waals surface area (Å²) in [4.78, 5) is 0. The van der Waals surface area contributed by atoms with Gasteiger partial charge in [0.1, 0.15) is 0 Å². The van der Waals surface area contributed by atoms with E-state index in [1.165, 1.54) is 5.56 Å². The zero-order valence-electron chi connectivity index (χ0n) is 10.3. The molecule has 2 unspecified atom stereocenters. The van der Waals surface area contributed by atoms with Crippen LogP contribution in [-0.2, 0) is 6.42 Å². The first-order chi connectivity index (χ1) is 7.67. The SMILES string of the molecule is CCCc1ccc(C(O)CC(N)CC)cc1. The second-order valence-electron chi connectivity index (χ2n) is 4.41. The number of aryl methyl sites for hydroxylation is 1. The summed E-state index contributed by atoms with van der Waals surface area (Å²) in [6.07, 6.45) is 3.38. The standard InChI is InChI=1S/C14H23NO/c1-3-5-11-6-8-12(9-7-11)14(16)10-13(15)4-2/h6-9,13-14,16H,3-5,10,15H2,1-2H3.